The standard InChI is InChI=1S/C12H20N2O3/c1-10(12(16)17)5-6-13-9-11(15)14-7-3-2-4-8-14/h5,13H,2-4,6-9H2,1H3,(H,16,17). The molecule has 1 heterocycles. The molecule has 0 radical (unpaired) electrons. The second-order valence-corrected chi connectivity index (χ2v) is 4.26. The topological polar surface area (TPSA) is 69.6 Å². The second-order valence-electron chi connectivity index (χ2n) is 4.26. The number of carboxylic acids is 1. The lowest BCUT2D eigenvalue weighted by Crippen LogP contribution is -2.41. The van der Waals surface area contributed by atoms with E-state index in [0.717, 1.165) is 25.9 Å². The Labute approximate surface area is 101 Å². The van der Waals surface area contributed by atoms with Crippen molar-refractivity contribution in [3.8, 4) is 0 Å². The van der Waals surface area contributed by atoms with Gasteiger partial charge in [-0.25, -0.2) is 4.79 Å². The molecule has 1 fully saturated rings. The summed E-state index contributed by atoms with van der Waals surface area (Å²) in [6, 6.07) is 0. The van der Waals surface area contributed by atoms with Crippen LogP contribution in [-0.2, 0) is 9.59 Å². The highest BCUT2D eigenvalue weighted by molar-refractivity contribution is 5.85. The molecule has 96 valence electrons. The van der Waals surface area contributed by atoms with E-state index < -0.39 is 5.97 Å². The normalized spacial score (nSPS) is 17.0. The first kappa shape index (κ1) is 13.7. The summed E-state index contributed by atoms with van der Waals surface area (Å²) in [5.74, 6) is -0.819. The van der Waals surface area contributed by atoms with Crippen LogP contribution < -0.4 is 5.32 Å². The quantitative estimate of drug-likeness (QED) is 0.546. The molecule has 0 aromatic heterocycles. The average Bonchev–Trinajstić information content (AvgIpc) is 2.35. The third kappa shape index (κ3) is 4.99. The van der Waals surface area contributed by atoms with Gasteiger partial charge in [0.2, 0.25) is 5.91 Å². The van der Waals surface area contributed by atoms with E-state index in [9.17, 15) is 9.59 Å². The van der Waals surface area contributed by atoms with Gasteiger partial charge in [-0.05, 0) is 26.2 Å². The molecular weight excluding hydrogens is 220 g/mol. The first-order valence-corrected chi connectivity index (χ1v) is 6.00. The highest BCUT2D eigenvalue weighted by Gasteiger charge is 2.15. The molecule has 0 atom stereocenters. The molecule has 0 bridgehead atoms. The third-order valence-electron chi connectivity index (χ3n) is 2.87. The number of nitrogens with zero attached hydrogens (tertiary/aromatic N) is 1. The van der Waals surface area contributed by atoms with Crippen molar-refractivity contribution in [2.45, 2.75) is 26.2 Å². The molecule has 0 saturated carbocycles. The number of carboxylic acid groups (broad SMARTS) is 1. The number of hydrogen-bond acceptors (Lipinski definition) is 3. The van der Waals surface area contributed by atoms with Gasteiger partial charge in [-0.15, -0.1) is 0 Å². The smallest absolute Gasteiger partial charge is 0.330 e. The van der Waals surface area contributed by atoms with Crippen molar-refractivity contribution in [1.29, 1.82) is 0 Å². The molecule has 1 amide bonds. The predicted octanol–water partition coefficient (Wildman–Crippen LogP) is 0.619. The van der Waals surface area contributed by atoms with Crippen molar-refractivity contribution in [2.24, 2.45) is 0 Å². The van der Waals surface area contributed by atoms with Gasteiger partial charge in [0, 0.05) is 25.2 Å². The summed E-state index contributed by atoms with van der Waals surface area (Å²) >= 11 is 0. The molecule has 5 heteroatoms. The molecule has 0 unspecified atom stereocenters. The van der Waals surface area contributed by atoms with Crippen molar-refractivity contribution in [3.63, 3.8) is 0 Å². The molecule has 1 aliphatic heterocycles. The maximum absolute atomic E-state index is 11.7. The zero-order valence-electron chi connectivity index (χ0n) is 10.2. The third-order valence-corrected chi connectivity index (χ3v) is 2.87. The van der Waals surface area contributed by atoms with Crippen molar-refractivity contribution < 1.29 is 14.7 Å². The SMILES string of the molecule is CC(=CCNCC(=O)N1CCCCC1)C(=O)O. The Morgan fingerprint density at radius 1 is 1.29 bits per heavy atom. The largest absolute Gasteiger partial charge is 0.478 e. The van der Waals surface area contributed by atoms with Crippen molar-refractivity contribution in [3.05, 3.63) is 11.6 Å². The van der Waals surface area contributed by atoms with Gasteiger partial charge in [-0.3, -0.25) is 4.79 Å². The van der Waals surface area contributed by atoms with Gasteiger partial charge in [-0.1, -0.05) is 6.08 Å². The number of carbonyl (C=O) groups excluding carboxylic acids is 1. The summed E-state index contributed by atoms with van der Waals surface area (Å²) in [6.45, 7) is 3.94. The van der Waals surface area contributed by atoms with Crippen molar-refractivity contribution >= 4 is 11.9 Å². The van der Waals surface area contributed by atoms with Crippen LogP contribution in [0.25, 0.3) is 0 Å². The highest BCUT2D eigenvalue weighted by Crippen LogP contribution is 2.08. The van der Waals surface area contributed by atoms with Crippen molar-refractivity contribution in [1.82, 2.24) is 10.2 Å². The van der Waals surface area contributed by atoms with E-state index in [1.165, 1.54) is 13.3 Å². The molecule has 0 spiro atoms. The zero-order chi connectivity index (χ0) is 12.7. The maximum atomic E-state index is 11.7. The van der Waals surface area contributed by atoms with E-state index in [4.69, 9.17) is 5.11 Å². The molecule has 0 aliphatic carbocycles. The van der Waals surface area contributed by atoms with Gasteiger partial charge >= 0.3 is 5.97 Å². The Balaban J connectivity index is 2.19. The minimum atomic E-state index is -0.922. The van der Waals surface area contributed by atoms with Crippen molar-refractivity contribution in [2.75, 3.05) is 26.2 Å². The van der Waals surface area contributed by atoms with Crippen LogP contribution in [0.3, 0.4) is 0 Å². The number of amides is 1. The van der Waals surface area contributed by atoms with Crippen LogP contribution in [0.2, 0.25) is 0 Å². The van der Waals surface area contributed by atoms with E-state index in [0.29, 0.717) is 12.1 Å². The monoisotopic (exact) mass is 240 g/mol. The fourth-order valence-corrected chi connectivity index (χ4v) is 1.75. The Hall–Kier alpha value is -1.36. The fourth-order valence-electron chi connectivity index (χ4n) is 1.75. The van der Waals surface area contributed by atoms with E-state index in [1.54, 1.807) is 6.08 Å². The van der Waals surface area contributed by atoms with Gasteiger partial charge in [0.1, 0.15) is 0 Å². The lowest BCUT2D eigenvalue weighted by atomic mass is 10.1. The number of piperidine rings is 1. The van der Waals surface area contributed by atoms with Crippen LogP contribution >= 0.6 is 0 Å². The molecule has 2 N–H and O–H groups in total. The van der Waals surface area contributed by atoms with Gasteiger partial charge in [0.25, 0.3) is 0 Å². The summed E-state index contributed by atoms with van der Waals surface area (Å²) in [5.41, 5.74) is 0.294. The van der Waals surface area contributed by atoms with Crippen LogP contribution in [0.1, 0.15) is 26.2 Å². The number of likely N-dealkylation sites (tertiary alicyclic amines) is 1. The molecule has 0 aromatic carbocycles. The summed E-state index contributed by atoms with van der Waals surface area (Å²) < 4.78 is 0. The highest BCUT2D eigenvalue weighted by atomic mass is 16.4. The molecule has 17 heavy (non-hydrogen) atoms. The first-order chi connectivity index (χ1) is 8.11. The van der Waals surface area contributed by atoms with Gasteiger partial charge in [0.05, 0.1) is 6.54 Å². The van der Waals surface area contributed by atoms with E-state index in [1.807, 2.05) is 4.90 Å². The number of carbonyl (C=O) groups is 2. The van der Waals surface area contributed by atoms with E-state index >= 15 is 0 Å². The lowest BCUT2D eigenvalue weighted by molar-refractivity contribution is -0.132. The van der Waals surface area contributed by atoms with E-state index in [-0.39, 0.29) is 12.5 Å². The molecule has 0 aromatic rings. The van der Waals surface area contributed by atoms with Gasteiger partial charge in [-0.2, -0.15) is 0 Å². The first-order valence-electron chi connectivity index (χ1n) is 6.00. The average molecular weight is 240 g/mol. The minimum absolute atomic E-state index is 0.103. The van der Waals surface area contributed by atoms with Crippen LogP contribution in [0.15, 0.2) is 11.6 Å². The Kier molecular flexibility index (Phi) is 5.69. The Morgan fingerprint density at radius 3 is 2.53 bits per heavy atom. The minimum Gasteiger partial charge on any atom is -0.478 e. The van der Waals surface area contributed by atoms with Crippen LogP contribution in [0.4, 0.5) is 0 Å². The van der Waals surface area contributed by atoms with E-state index in [2.05, 4.69) is 5.32 Å². The lowest BCUT2D eigenvalue weighted by Gasteiger charge is -2.26. The van der Waals surface area contributed by atoms with Gasteiger partial charge in [0.15, 0.2) is 0 Å². The molecule has 5 nitrogen and oxygen atoms in total. The molecule has 1 rings (SSSR count). The summed E-state index contributed by atoms with van der Waals surface area (Å²) in [5, 5.41) is 11.6. The van der Waals surface area contributed by atoms with Crippen LogP contribution in [-0.4, -0.2) is 48.1 Å². The summed E-state index contributed by atoms with van der Waals surface area (Å²) in [4.78, 5) is 24.1. The second kappa shape index (κ2) is 7.06. The number of nitrogens with one attached hydrogen (secondary N) is 1. The Bertz CT molecular complexity index is 307. The number of rotatable bonds is 5. The number of aliphatic carboxylic acids is 1. The van der Waals surface area contributed by atoms with Crippen LogP contribution in [0, 0.1) is 0 Å². The van der Waals surface area contributed by atoms with Crippen LogP contribution in [0.5, 0.6) is 0 Å². The maximum Gasteiger partial charge on any atom is 0.330 e. The predicted molar refractivity (Wildman–Crippen MR) is 64.7 cm³/mol. The summed E-state index contributed by atoms with van der Waals surface area (Å²) in [6.07, 6.45) is 4.96. The van der Waals surface area contributed by atoms with Gasteiger partial charge < -0.3 is 15.3 Å². The molecule has 1 saturated heterocycles. The molecular formula is C12H20N2O3. The number of hydrogen-bond donors (Lipinski definition) is 2. The zero-order valence-corrected chi connectivity index (χ0v) is 10.2. The fraction of sp³-hybridized carbons (Fsp3) is 0.667. The molecule has 1 aliphatic rings. The Morgan fingerprint density at radius 2 is 1.94 bits per heavy atom. The summed E-state index contributed by atoms with van der Waals surface area (Å²) in [7, 11) is 0.